The molecule has 0 spiro atoms. The fraction of sp³-hybridized carbons (Fsp3) is 0.571. The summed E-state index contributed by atoms with van der Waals surface area (Å²) in [5.74, 6) is 0.931. The second-order valence-electron chi connectivity index (χ2n) is 3.53. The number of benzene rings is 1. The lowest BCUT2D eigenvalue weighted by Crippen LogP contribution is -2.22. The smallest absolute Gasteiger partial charge is 0.120 e. The van der Waals surface area contributed by atoms with Crippen molar-refractivity contribution in [2.45, 2.75) is 55.1 Å². The van der Waals surface area contributed by atoms with Crippen LogP contribution in [0.5, 0.6) is 5.75 Å². The summed E-state index contributed by atoms with van der Waals surface area (Å²) in [6, 6.07) is 9.86. The van der Waals surface area contributed by atoms with Crippen molar-refractivity contribution in [2.24, 2.45) is 0 Å². The predicted molar refractivity (Wildman–Crippen MR) is 71.6 cm³/mol. The van der Waals surface area contributed by atoms with Crippen LogP contribution in [-0.4, -0.2) is 5.60 Å². The molecule has 0 N–H and O–H groups in total. The number of hydrogen-bond acceptors (Lipinski definition) is 1. The summed E-state index contributed by atoms with van der Waals surface area (Å²) in [6.07, 6.45) is 0. The number of hydrogen-bond donors (Lipinski definition) is 0. The Balaban J connectivity index is -0.000000339. The van der Waals surface area contributed by atoms with Crippen LogP contribution in [0.25, 0.3) is 0 Å². The van der Waals surface area contributed by atoms with E-state index in [1.807, 2.05) is 65.0 Å². The van der Waals surface area contributed by atoms with Crippen molar-refractivity contribution in [2.75, 3.05) is 0 Å². The van der Waals surface area contributed by atoms with Gasteiger partial charge in [0.15, 0.2) is 0 Å². The third-order valence-electron chi connectivity index (χ3n) is 1.17. The molecule has 0 aliphatic carbocycles. The van der Waals surface area contributed by atoms with Gasteiger partial charge in [0, 0.05) is 0 Å². The van der Waals surface area contributed by atoms with E-state index in [2.05, 4.69) is 0 Å². The highest BCUT2D eigenvalue weighted by Crippen LogP contribution is 2.16. The van der Waals surface area contributed by atoms with E-state index in [1.54, 1.807) is 0 Å². The molecule has 1 nitrogen and oxygen atoms in total. The van der Waals surface area contributed by atoms with Gasteiger partial charge in [0.25, 0.3) is 0 Å². The first kappa shape index (κ1) is 19.6. The molecule has 0 saturated heterocycles. The van der Waals surface area contributed by atoms with E-state index in [9.17, 15) is 0 Å². The second-order valence-corrected chi connectivity index (χ2v) is 3.53. The van der Waals surface area contributed by atoms with Crippen LogP contribution in [0.15, 0.2) is 30.3 Å². The van der Waals surface area contributed by atoms with E-state index in [-0.39, 0.29) is 20.5 Å². The normalized spacial score (nSPS) is 8.60. The van der Waals surface area contributed by atoms with Gasteiger partial charge in [-0.25, -0.2) is 0 Å². The van der Waals surface area contributed by atoms with E-state index in [1.165, 1.54) is 0 Å². The number of rotatable bonds is 1. The van der Waals surface area contributed by atoms with Gasteiger partial charge in [-0.05, 0) is 32.9 Å². The van der Waals surface area contributed by atoms with Gasteiger partial charge < -0.3 is 4.74 Å². The van der Waals surface area contributed by atoms with Crippen LogP contribution in [0.4, 0.5) is 0 Å². The van der Waals surface area contributed by atoms with Crippen molar-refractivity contribution in [1.29, 1.82) is 0 Å². The molecular weight excluding hydrogens is 184 g/mol. The molecule has 0 aliphatic heterocycles. The van der Waals surface area contributed by atoms with Crippen molar-refractivity contribution in [3.05, 3.63) is 30.3 Å². The van der Waals surface area contributed by atoms with Crippen molar-refractivity contribution < 1.29 is 4.74 Å². The van der Waals surface area contributed by atoms with Crippen molar-refractivity contribution in [3.63, 3.8) is 0 Å². The van der Waals surface area contributed by atoms with Crippen molar-refractivity contribution in [3.8, 4) is 5.75 Å². The highest BCUT2D eigenvalue weighted by atomic mass is 16.5. The Morgan fingerprint density at radius 3 is 1.60 bits per heavy atom. The summed E-state index contributed by atoms with van der Waals surface area (Å²) in [5, 5.41) is 0. The molecular formula is C14H28O. The summed E-state index contributed by atoms with van der Waals surface area (Å²) in [6.45, 7) is 10.1. The van der Waals surface area contributed by atoms with Crippen molar-refractivity contribution >= 4 is 0 Å². The molecule has 1 heteroatoms. The average molecular weight is 212 g/mol. The SMILES string of the molecule is C.C.CC.CC(C)(C)Oc1ccccc1. The van der Waals surface area contributed by atoms with Crippen molar-refractivity contribution in [1.82, 2.24) is 0 Å². The minimum Gasteiger partial charge on any atom is -0.488 e. The Labute approximate surface area is 96.5 Å². The van der Waals surface area contributed by atoms with Crippen LogP contribution in [0.2, 0.25) is 0 Å². The fourth-order valence-corrected chi connectivity index (χ4v) is 0.842. The molecule has 0 amide bonds. The fourth-order valence-electron chi connectivity index (χ4n) is 0.842. The molecule has 0 unspecified atom stereocenters. The minimum atomic E-state index is -0.0959. The first-order valence-electron chi connectivity index (χ1n) is 4.82. The third-order valence-corrected chi connectivity index (χ3v) is 1.17. The monoisotopic (exact) mass is 212 g/mol. The zero-order valence-corrected chi connectivity index (χ0v) is 9.29. The van der Waals surface area contributed by atoms with E-state index in [0.717, 1.165) is 5.75 Å². The van der Waals surface area contributed by atoms with E-state index in [0.29, 0.717) is 0 Å². The topological polar surface area (TPSA) is 9.23 Å². The van der Waals surface area contributed by atoms with Gasteiger partial charge in [-0.3, -0.25) is 0 Å². The van der Waals surface area contributed by atoms with Crippen LogP contribution in [0, 0.1) is 0 Å². The molecule has 0 bridgehead atoms. The first-order valence-corrected chi connectivity index (χ1v) is 4.82. The number of para-hydroxylation sites is 1. The van der Waals surface area contributed by atoms with Crippen LogP contribution in [-0.2, 0) is 0 Å². The Bertz CT molecular complexity index is 209. The van der Waals surface area contributed by atoms with E-state index in [4.69, 9.17) is 4.74 Å². The summed E-state index contributed by atoms with van der Waals surface area (Å²) in [4.78, 5) is 0. The Kier molecular flexibility index (Phi) is 12.5. The van der Waals surface area contributed by atoms with Gasteiger partial charge in [0.05, 0.1) is 0 Å². The molecule has 1 rings (SSSR count). The Morgan fingerprint density at radius 1 is 0.867 bits per heavy atom. The number of ether oxygens (including phenoxy) is 1. The quantitative estimate of drug-likeness (QED) is 0.624. The van der Waals surface area contributed by atoms with Gasteiger partial charge in [0.2, 0.25) is 0 Å². The van der Waals surface area contributed by atoms with Gasteiger partial charge >= 0.3 is 0 Å². The van der Waals surface area contributed by atoms with E-state index < -0.39 is 0 Å². The first-order chi connectivity index (χ1) is 6.08. The maximum Gasteiger partial charge on any atom is 0.120 e. The molecule has 1 aromatic carbocycles. The molecule has 1 aromatic rings. The van der Waals surface area contributed by atoms with Crippen LogP contribution in [0.1, 0.15) is 49.5 Å². The summed E-state index contributed by atoms with van der Waals surface area (Å²) in [7, 11) is 0. The molecule has 0 aliphatic rings. The maximum absolute atomic E-state index is 5.60. The lowest BCUT2D eigenvalue weighted by Gasteiger charge is -2.20. The Hall–Kier alpha value is -0.980. The zero-order chi connectivity index (χ0) is 10.3. The highest BCUT2D eigenvalue weighted by molar-refractivity contribution is 5.21. The standard InChI is InChI=1S/C10H14O.C2H6.2CH4/c1-10(2,3)11-9-7-5-4-6-8-9;1-2;;/h4-8H,1-3H3;1-2H3;2*1H4. The van der Waals surface area contributed by atoms with Gasteiger partial charge in [0.1, 0.15) is 11.4 Å². The maximum atomic E-state index is 5.60. The summed E-state index contributed by atoms with van der Waals surface area (Å²) >= 11 is 0. The van der Waals surface area contributed by atoms with Crippen LogP contribution < -0.4 is 4.74 Å². The molecule has 0 fully saturated rings. The molecule has 15 heavy (non-hydrogen) atoms. The van der Waals surface area contributed by atoms with Gasteiger partial charge in [-0.15, -0.1) is 0 Å². The zero-order valence-electron chi connectivity index (χ0n) is 9.29. The molecule has 90 valence electrons. The Morgan fingerprint density at radius 2 is 1.27 bits per heavy atom. The summed E-state index contributed by atoms with van der Waals surface area (Å²) < 4.78 is 5.60. The van der Waals surface area contributed by atoms with E-state index >= 15 is 0 Å². The molecule has 0 saturated carbocycles. The van der Waals surface area contributed by atoms with Gasteiger partial charge in [-0.1, -0.05) is 46.9 Å². The predicted octanol–water partition coefficient (Wildman–Crippen LogP) is 5.16. The average Bonchev–Trinajstić information content (AvgIpc) is 2.07. The largest absolute Gasteiger partial charge is 0.488 e. The molecule has 0 heterocycles. The molecule has 0 atom stereocenters. The lowest BCUT2D eigenvalue weighted by atomic mass is 10.2. The lowest BCUT2D eigenvalue weighted by molar-refractivity contribution is 0.131. The molecule has 0 radical (unpaired) electrons. The van der Waals surface area contributed by atoms with Crippen LogP contribution >= 0.6 is 0 Å². The van der Waals surface area contributed by atoms with Crippen LogP contribution in [0.3, 0.4) is 0 Å². The second kappa shape index (κ2) is 9.57. The minimum absolute atomic E-state index is 0. The highest BCUT2D eigenvalue weighted by Gasteiger charge is 2.10. The summed E-state index contributed by atoms with van der Waals surface area (Å²) in [5.41, 5.74) is -0.0959. The molecule has 0 aromatic heterocycles. The third kappa shape index (κ3) is 10.9. The van der Waals surface area contributed by atoms with Gasteiger partial charge in [-0.2, -0.15) is 0 Å².